The Labute approximate surface area is 284 Å². The highest BCUT2D eigenvalue weighted by Crippen LogP contribution is 2.40. The van der Waals surface area contributed by atoms with Gasteiger partial charge in [-0.2, -0.15) is 0 Å². The summed E-state index contributed by atoms with van der Waals surface area (Å²) in [6.07, 6.45) is 21.0. The Balaban J connectivity index is 1.50. The van der Waals surface area contributed by atoms with Crippen molar-refractivity contribution in [3.05, 3.63) is 141 Å². The van der Waals surface area contributed by atoms with Crippen LogP contribution in [0.4, 0.5) is 46.5 Å². The van der Waals surface area contributed by atoms with Crippen molar-refractivity contribution in [1.82, 2.24) is 9.35 Å². The summed E-state index contributed by atoms with van der Waals surface area (Å²) in [5.74, 6) is -9.87. The number of halogens is 8. The van der Waals surface area contributed by atoms with Gasteiger partial charge >= 0.3 is 0 Å². The van der Waals surface area contributed by atoms with Gasteiger partial charge in [-0.1, -0.05) is 11.8 Å². The largest absolute Gasteiger partial charge is 0.369 e. The number of allylic oxidation sites excluding steroid dienone is 4. The fourth-order valence-corrected chi connectivity index (χ4v) is 5.42. The minimum atomic E-state index is -1.76. The van der Waals surface area contributed by atoms with Crippen LogP contribution >= 0.6 is 0 Å². The average Bonchev–Trinajstić information content (AvgIpc) is 3.97. The summed E-state index contributed by atoms with van der Waals surface area (Å²) in [6, 6.07) is 5.51. The Morgan fingerprint density at radius 3 is 1.27 bits per heavy atom. The van der Waals surface area contributed by atoms with Crippen LogP contribution in [0.2, 0.25) is 0 Å². The molecule has 4 aromatic rings. The maximum Gasteiger partial charge on any atom is 0.185 e. The minimum Gasteiger partial charge on any atom is -0.369 e. The van der Waals surface area contributed by atoms with Crippen molar-refractivity contribution in [2.45, 2.75) is 0 Å². The molecule has 0 radical (unpaired) electrons. The molecule has 6 rings (SSSR count). The highest BCUT2D eigenvalue weighted by molar-refractivity contribution is 5.90. The van der Waals surface area contributed by atoms with Crippen LogP contribution in [0.1, 0.15) is 22.5 Å². The van der Waals surface area contributed by atoms with Crippen LogP contribution in [0, 0.1) is 71.2 Å². The van der Waals surface area contributed by atoms with Crippen molar-refractivity contribution in [2.75, 3.05) is 29.3 Å². The van der Waals surface area contributed by atoms with Crippen LogP contribution in [0.25, 0.3) is 11.1 Å². The number of terminal acetylenes is 2. The smallest absolute Gasteiger partial charge is 0.185 e. The van der Waals surface area contributed by atoms with Crippen molar-refractivity contribution < 1.29 is 35.1 Å². The lowest BCUT2D eigenvalue weighted by Gasteiger charge is -2.21. The number of nitrogens with zero attached hydrogens (tertiary/aromatic N) is 4. The Hall–Kier alpha value is -6.74. The zero-order valence-electron chi connectivity index (χ0n) is 25.8. The van der Waals surface area contributed by atoms with E-state index in [9.17, 15) is 0 Å². The van der Waals surface area contributed by atoms with Crippen LogP contribution in [0.15, 0.2) is 82.3 Å². The molecule has 0 fully saturated rings. The molecule has 2 aliphatic heterocycles. The topological polar surface area (TPSA) is 70.7 Å². The van der Waals surface area contributed by atoms with Crippen molar-refractivity contribution in [1.29, 1.82) is 0 Å². The first-order valence-electron chi connectivity index (χ1n) is 14.7. The minimum absolute atomic E-state index is 0.0905. The van der Waals surface area contributed by atoms with Gasteiger partial charge < -0.3 is 10.6 Å². The number of nitrogens with one attached hydrogen (secondary N) is 3. The lowest BCUT2D eigenvalue weighted by Crippen LogP contribution is -2.24. The number of benzene rings is 2. The molecule has 15 heteroatoms. The van der Waals surface area contributed by atoms with E-state index in [0.29, 0.717) is 0 Å². The third kappa shape index (κ3) is 5.95. The second-order valence-corrected chi connectivity index (χ2v) is 10.5. The van der Waals surface area contributed by atoms with E-state index in [1.54, 1.807) is 0 Å². The predicted octanol–water partition coefficient (Wildman–Crippen LogP) is 7.30. The van der Waals surface area contributed by atoms with Crippen LogP contribution in [0.3, 0.4) is 0 Å². The number of hydrogen-bond acceptors (Lipinski definition) is 5. The monoisotopic (exact) mass is 703 g/mol. The quantitative estimate of drug-likeness (QED) is 0.0923. The van der Waals surface area contributed by atoms with Crippen LogP contribution in [0.5, 0.6) is 0 Å². The molecule has 2 aliphatic rings. The molecule has 4 heterocycles. The van der Waals surface area contributed by atoms with Gasteiger partial charge in [-0.05, 0) is 48.6 Å². The Morgan fingerprint density at radius 1 is 0.588 bits per heavy atom. The summed E-state index contributed by atoms with van der Waals surface area (Å²) >= 11 is 0. The van der Waals surface area contributed by atoms with Gasteiger partial charge in [0.15, 0.2) is 46.5 Å². The van der Waals surface area contributed by atoms with E-state index in [2.05, 4.69) is 38.0 Å². The summed E-state index contributed by atoms with van der Waals surface area (Å²) in [7, 11) is 0. The summed E-state index contributed by atoms with van der Waals surface area (Å²) in [4.78, 5) is 8.19. The fourth-order valence-electron chi connectivity index (χ4n) is 5.42. The van der Waals surface area contributed by atoms with Crippen molar-refractivity contribution >= 4 is 35.0 Å². The van der Waals surface area contributed by atoms with Crippen molar-refractivity contribution in [2.24, 2.45) is 9.98 Å². The molecule has 2 aromatic heterocycles. The van der Waals surface area contributed by atoms with Gasteiger partial charge in [0.2, 0.25) is 0 Å². The number of aliphatic imine (C=N–C) groups is 2. The van der Waals surface area contributed by atoms with Gasteiger partial charge in [-0.25, -0.2) is 50.0 Å². The van der Waals surface area contributed by atoms with E-state index in [-0.39, 0.29) is 22.8 Å². The molecule has 0 amide bonds. The highest BCUT2D eigenvalue weighted by atomic mass is 19.2. The Kier molecular flexibility index (Phi) is 9.38. The molecule has 0 saturated carbocycles. The van der Waals surface area contributed by atoms with Gasteiger partial charge in [0, 0.05) is 36.0 Å². The first kappa shape index (κ1) is 34.1. The van der Waals surface area contributed by atoms with Crippen LogP contribution in [-0.4, -0.2) is 34.9 Å². The van der Waals surface area contributed by atoms with E-state index in [1.165, 1.54) is 73.4 Å². The molecular weight excluding hydrogens is 682 g/mol. The van der Waals surface area contributed by atoms with Gasteiger partial charge in [0.1, 0.15) is 11.4 Å². The number of aromatic nitrogens is 2. The first-order chi connectivity index (χ1) is 24.6. The molecule has 2 aromatic carbocycles. The summed E-state index contributed by atoms with van der Waals surface area (Å²) in [5.41, 5.74) is -2.76. The molecule has 256 valence electrons. The van der Waals surface area contributed by atoms with Crippen LogP contribution in [-0.2, 0) is 0 Å². The second-order valence-electron chi connectivity index (χ2n) is 10.5. The molecule has 0 unspecified atom stereocenters. The molecule has 3 N–H and O–H groups in total. The highest BCUT2D eigenvalue weighted by Gasteiger charge is 2.33. The SMILES string of the molecule is C#CCNc1c(F)c(F)c(/C(=C2\C=CC=N2)c2cccn2Nn2cccc2/C(=C2/C=CC=N2)c2c(F)c(F)c(NCC#C)c(F)c2F)c(F)c1F. The Bertz CT molecular complexity index is 2110. The normalized spacial score (nSPS) is 14.9. The maximum atomic E-state index is 15.7. The van der Waals surface area contributed by atoms with E-state index in [4.69, 9.17) is 12.8 Å². The number of hydrogen-bond donors (Lipinski definition) is 3. The molecule has 0 saturated heterocycles. The molecule has 0 atom stereocenters. The van der Waals surface area contributed by atoms with Crippen LogP contribution < -0.4 is 16.2 Å². The van der Waals surface area contributed by atoms with Gasteiger partial charge in [-0.15, -0.1) is 12.8 Å². The summed E-state index contributed by atoms with van der Waals surface area (Å²) < 4.78 is 126. The fraction of sp³-hybridized carbons (Fsp3) is 0.0556. The maximum absolute atomic E-state index is 15.7. The molecule has 51 heavy (non-hydrogen) atoms. The standard InChI is InChI=1S/C36H21F8N7/c1-3-13-47-35-31(41)27(37)25(28(38)32(35)42)23(19-9-5-15-45-19)21-11-7-17-50(21)49-51-18-8-12-22(51)24(20-10-6-16-46-20)26-29(39)33(43)36(48-14-4-2)34(44)30(26)40/h1-2,5-12,15-18,47-49H,13-14H2/b23-19+,24-20+. The van der Waals surface area contributed by atoms with Crippen molar-refractivity contribution in [3.63, 3.8) is 0 Å². The van der Waals surface area contributed by atoms with Gasteiger partial charge in [0.05, 0.1) is 47.0 Å². The zero-order chi connectivity index (χ0) is 36.4. The summed E-state index contributed by atoms with van der Waals surface area (Å²) in [6.45, 7) is -0.865. The third-order valence-corrected chi connectivity index (χ3v) is 7.61. The van der Waals surface area contributed by atoms with Crippen molar-refractivity contribution in [3.8, 4) is 24.7 Å². The van der Waals surface area contributed by atoms with E-state index < -0.39 is 93.3 Å². The number of rotatable bonds is 10. The summed E-state index contributed by atoms with van der Waals surface area (Å²) in [5, 5.41) is 4.25. The molecule has 0 spiro atoms. The zero-order valence-corrected chi connectivity index (χ0v) is 25.8. The molecule has 0 aliphatic carbocycles. The Morgan fingerprint density at radius 2 is 0.961 bits per heavy atom. The molecular formula is C36H21F8N7. The lowest BCUT2D eigenvalue weighted by atomic mass is 9.97. The molecule has 0 bridgehead atoms. The van der Waals surface area contributed by atoms with Gasteiger partial charge in [0.25, 0.3) is 0 Å². The second kappa shape index (κ2) is 14.0. The third-order valence-electron chi connectivity index (χ3n) is 7.61. The lowest BCUT2D eigenvalue weighted by molar-refractivity contribution is 0.454. The van der Waals surface area contributed by atoms with Gasteiger partial charge in [-0.3, -0.25) is 9.98 Å². The average molecular weight is 704 g/mol. The van der Waals surface area contributed by atoms with E-state index >= 15 is 35.1 Å². The van der Waals surface area contributed by atoms with E-state index in [1.807, 2.05) is 0 Å². The molecule has 7 nitrogen and oxygen atoms in total. The van der Waals surface area contributed by atoms with E-state index in [0.717, 1.165) is 9.35 Å². The first-order valence-corrected chi connectivity index (χ1v) is 14.7. The number of anilines is 2. The predicted molar refractivity (Wildman–Crippen MR) is 178 cm³/mol.